The number of nitrogens with zero attached hydrogens (tertiary/aromatic N) is 2. The van der Waals surface area contributed by atoms with E-state index in [0.29, 0.717) is 6.10 Å². The second kappa shape index (κ2) is 11.3. The van der Waals surface area contributed by atoms with E-state index >= 15 is 0 Å². The molecule has 2 rings (SSSR count). The summed E-state index contributed by atoms with van der Waals surface area (Å²) >= 11 is 6.03. The summed E-state index contributed by atoms with van der Waals surface area (Å²) in [6.07, 6.45) is 4.34. The van der Waals surface area contributed by atoms with Crippen molar-refractivity contribution in [3.05, 3.63) is 34.9 Å². The topological polar surface area (TPSA) is 46.1 Å². The van der Waals surface area contributed by atoms with Gasteiger partial charge in [0.1, 0.15) is 0 Å². The summed E-state index contributed by atoms with van der Waals surface area (Å²) in [6, 6.07) is 8.00. The van der Waals surface area contributed by atoms with Crippen LogP contribution in [0.25, 0.3) is 0 Å². The third-order valence-electron chi connectivity index (χ3n) is 4.39. The molecule has 1 N–H and O–H groups in total. The molecule has 1 fully saturated rings. The van der Waals surface area contributed by atoms with Gasteiger partial charge in [0, 0.05) is 52.0 Å². The number of ether oxygens (including phenoxy) is 2. The van der Waals surface area contributed by atoms with Crippen molar-refractivity contribution < 1.29 is 9.47 Å². The number of piperidine rings is 1. The minimum atomic E-state index is 0.359. The number of hydrogen-bond acceptors (Lipinski definition) is 3. The van der Waals surface area contributed by atoms with E-state index in [1.807, 2.05) is 25.2 Å². The van der Waals surface area contributed by atoms with E-state index < -0.39 is 0 Å². The van der Waals surface area contributed by atoms with Gasteiger partial charge in [-0.05, 0) is 43.4 Å². The lowest BCUT2D eigenvalue weighted by Crippen LogP contribution is -2.47. The van der Waals surface area contributed by atoms with Gasteiger partial charge in [-0.2, -0.15) is 0 Å². The van der Waals surface area contributed by atoms with Crippen LogP contribution in [0.1, 0.15) is 24.8 Å². The lowest BCUT2D eigenvalue weighted by atomic mass is 10.1. The summed E-state index contributed by atoms with van der Waals surface area (Å²) in [5.41, 5.74) is 1.23. The molecule has 1 heterocycles. The normalized spacial score (nSPS) is 16.3. The number of methoxy groups -OCH3 is 1. The molecular formula is C19H30ClN3O2. The van der Waals surface area contributed by atoms with Crippen LogP contribution >= 0.6 is 11.6 Å². The lowest BCUT2D eigenvalue weighted by molar-refractivity contribution is 0.00992. The fraction of sp³-hybridized carbons (Fsp3) is 0.632. The SMILES string of the molecule is CN=C(NCCc1cccc(Cl)c1)N1CCC(OCCCOC)CC1. The largest absolute Gasteiger partial charge is 0.385 e. The average Bonchev–Trinajstić information content (AvgIpc) is 2.63. The van der Waals surface area contributed by atoms with Crippen LogP contribution < -0.4 is 5.32 Å². The second-order valence-corrected chi connectivity index (χ2v) is 6.69. The maximum Gasteiger partial charge on any atom is 0.193 e. The van der Waals surface area contributed by atoms with Crippen LogP contribution in [0, 0.1) is 0 Å². The Morgan fingerprint density at radius 2 is 2.12 bits per heavy atom. The summed E-state index contributed by atoms with van der Waals surface area (Å²) in [5, 5.41) is 4.24. The minimum absolute atomic E-state index is 0.359. The molecule has 0 radical (unpaired) electrons. The van der Waals surface area contributed by atoms with Gasteiger partial charge in [0.25, 0.3) is 0 Å². The monoisotopic (exact) mass is 367 g/mol. The molecule has 0 atom stereocenters. The molecule has 0 saturated carbocycles. The van der Waals surface area contributed by atoms with Gasteiger partial charge in [0.15, 0.2) is 5.96 Å². The summed E-state index contributed by atoms with van der Waals surface area (Å²) in [5.74, 6) is 0.972. The molecule has 0 unspecified atom stereocenters. The predicted molar refractivity (Wildman–Crippen MR) is 104 cm³/mol. The number of nitrogens with one attached hydrogen (secondary N) is 1. The Morgan fingerprint density at radius 3 is 2.80 bits per heavy atom. The molecule has 0 aromatic heterocycles. The van der Waals surface area contributed by atoms with E-state index in [1.165, 1.54) is 5.56 Å². The van der Waals surface area contributed by atoms with Crippen molar-refractivity contribution in [3.8, 4) is 0 Å². The molecule has 1 aliphatic rings. The first kappa shape index (κ1) is 20.0. The molecule has 1 aliphatic heterocycles. The quantitative estimate of drug-likeness (QED) is 0.436. The highest BCUT2D eigenvalue weighted by molar-refractivity contribution is 6.30. The highest BCUT2D eigenvalue weighted by Crippen LogP contribution is 2.14. The number of benzene rings is 1. The van der Waals surface area contributed by atoms with Gasteiger partial charge in [0.05, 0.1) is 6.10 Å². The molecule has 1 saturated heterocycles. The lowest BCUT2D eigenvalue weighted by Gasteiger charge is -2.34. The Kier molecular flexibility index (Phi) is 9.08. The van der Waals surface area contributed by atoms with Gasteiger partial charge < -0.3 is 19.7 Å². The molecule has 5 nitrogen and oxygen atoms in total. The molecule has 6 heteroatoms. The summed E-state index contributed by atoms with van der Waals surface area (Å²) < 4.78 is 11.0. The van der Waals surface area contributed by atoms with Crippen LogP contribution in [0.15, 0.2) is 29.3 Å². The first-order chi connectivity index (χ1) is 12.2. The van der Waals surface area contributed by atoms with Crippen molar-refractivity contribution in [3.63, 3.8) is 0 Å². The maximum absolute atomic E-state index is 6.03. The van der Waals surface area contributed by atoms with Crippen molar-refractivity contribution in [1.29, 1.82) is 0 Å². The van der Waals surface area contributed by atoms with E-state index in [-0.39, 0.29) is 0 Å². The van der Waals surface area contributed by atoms with Gasteiger partial charge in [-0.1, -0.05) is 23.7 Å². The first-order valence-electron chi connectivity index (χ1n) is 9.03. The number of guanidine groups is 1. The summed E-state index contributed by atoms with van der Waals surface area (Å²) in [7, 11) is 3.57. The Bertz CT molecular complexity index is 531. The van der Waals surface area contributed by atoms with E-state index in [9.17, 15) is 0 Å². The Labute approximate surface area is 156 Å². The number of likely N-dealkylation sites (tertiary alicyclic amines) is 1. The predicted octanol–water partition coefficient (Wildman–Crippen LogP) is 2.98. The number of rotatable bonds is 8. The molecule has 25 heavy (non-hydrogen) atoms. The van der Waals surface area contributed by atoms with Crippen molar-refractivity contribution in [2.45, 2.75) is 31.8 Å². The zero-order chi connectivity index (χ0) is 17.9. The highest BCUT2D eigenvalue weighted by Gasteiger charge is 2.21. The fourth-order valence-corrected chi connectivity index (χ4v) is 3.24. The Hall–Kier alpha value is -1.30. The van der Waals surface area contributed by atoms with E-state index in [1.54, 1.807) is 7.11 Å². The number of hydrogen-bond donors (Lipinski definition) is 1. The van der Waals surface area contributed by atoms with Crippen molar-refractivity contribution >= 4 is 17.6 Å². The molecule has 1 aromatic rings. The van der Waals surface area contributed by atoms with Crippen molar-refractivity contribution in [2.75, 3.05) is 47.0 Å². The summed E-state index contributed by atoms with van der Waals surface area (Å²) in [4.78, 5) is 6.73. The third-order valence-corrected chi connectivity index (χ3v) is 4.62. The average molecular weight is 368 g/mol. The fourth-order valence-electron chi connectivity index (χ4n) is 3.03. The number of aliphatic imine (C=N–C) groups is 1. The van der Waals surface area contributed by atoms with Crippen molar-refractivity contribution in [1.82, 2.24) is 10.2 Å². The standard InChI is InChI=1S/C19H30ClN3O2/c1-21-19(22-10-7-16-5-3-6-17(20)15-16)23-11-8-18(9-12-23)25-14-4-13-24-2/h3,5-6,15,18H,4,7-14H2,1-2H3,(H,21,22). The molecule has 0 aliphatic carbocycles. The molecule has 0 bridgehead atoms. The zero-order valence-electron chi connectivity index (χ0n) is 15.3. The van der Waals surface area contributed by atoms with Gasteiger partial charge in [-0.15, -0.1) is 0 Å². The van der Waals surface area contributed by atoms with Crippen LogP contribution in [-0.2, 0) is 15.9 Å². The third kappa shape index (κ3) is 7.22. The first-order valence-corrected chi connectivity index (χ1v) is 9.41. The van der Waals surface area contributed by atoms with Crippen LogP contribution in [0.2, 0.25) is 5.02 Å². The van der Waals surface area contributed by atoms with Gasteiger partial charge >= 0.3 is 0 Å². The van der Waals surface area contributed by atoms with Crippen LogP contribution in [0.5, 0.6) is 0 Å². The van der Waals surface area contributed by atoms with E-state index in [4.69, 9.17) is 21.1 Å². The number of halogens is 1. The highest BCUT2D eigenvalue weighted by atomic mass is 35.5. The molecule has 0 spiro atoms. The maximum atomic E-state index is 6.03. The zero-order valence-corrected chi connectivity index (χ0v) is 16.1. The van der Waals surface area contributed by atoms with Crippen LogP contribution in [0.3, 0.4) is 0 Å². The summed E-state index contributed by atoms with van der Waals surface area (Å²) in [6.45, 7) is 4.35. The van der Waals surface area contributed by atoms with Crippen LogP contribution in [0.4, 0.5) is 0 Å². The van der Waals surface area contributed by atoms with Gasteiger partial charge in [-0.3, -0.25) is 4.99 Å². The molecule has 1 aromatic carbocycles. The smallest absolute Gasteiger partial charge is 0.193 e. The van der Waals surface area contributed by atoms with Crippen molar-refractivity contribution in [2.24, 2.45) is 4.99 Å². The second-order valence-electron chi connectivity index (χ2n) is 6.26. The van der Waals surface area contributed by atoms with Crippen LogP contribution in [-0.4, -0.2) is 64.0 Å². The Balaban J connectivity index is 1.68. The van der Waals surface area contributed by atoms with E-state index in [0.717, 1.165) is 69.5 Å². The van der Waals surface area contributed by atoms with E-state index in [2.05, 4.69) is 21.3 Å². The minimum Gasteiger partial charge on any atom is -0.385 e. The van der Waals surface area contributed by atoms with Gasteiger partial charge in [-0.25, -0.2) is 0 Å². The molecule has 0 amide bonds. The molecule has 140 valence electrons. The Morgan fingerprint density at radius 1 is 1.32 bits per heavy atom. The van der Waals surface area contributed by atoms with Gasteiger partial charge in [0.2, 0.25) is 0 Å². The molecular weight excluding hydrogens is 338 g/mol.